The van der Waals surface area contributed by atoms with Gasteiger partial charge in [-0.1, -0.05) is 0 Å². The van der Waals surface area contributed by atoms with Crippen molar-refractivity contribution in [3.63, 3.8) is 0 Å². The third kappa shape index (κ3) is 4.06. The lowest BCUT2D eigenvalue weighted by Gasteiger charge is -2.30. The van der Waals surface area contributed by atoms with Crippen LogP contribution in [0.4, 0.5) is 23.2 Å². The number of carbonyl (C=O) groups is 1. The first-order valence-electron chi connectivity index (χ1n) is 9.91. The number of sulfonamides is 1. The van der Waals surface area contributed by atoms with Crippen molar-refractivity contribution in [3.05, 3.63) is 58.9 Å². The van der Waals surface area contributed by atoms with Crippen molar-refractivity contribution in [1.82, 2.24) is 4.31 Å². The summed E-state index contributed by atoms with van der Waals surface area (Å²) in [6.45, 7) is 0.852. The van der Waals surface area contributed by atoms with E-state index in [1.54, 1.807) is 0 Å². The molecule has 0 aromatic heterocycles. The summed E-state index contributed by atoms with van der Waals surface area (Å²) in [5, 5.41) is 0. The molecule has 0 saturated carbocycles. The van der Waals surface area contributed by atoms with Crippen LogP contribution in [-0.2, 0) is 22.6 Å². The van der Waals surface area contributed by atoms with Crippen molar-refractivity contribution >= 4 is 21.6 Å². The van der Waals surface area contributed by atoms with Crippen molar-refractivity contribution in [3.8, 4) is 0 Å². The summed E-state index contributed by atoms with van der Waals surface area (Å²) in [7, 11) is -4.08. The quantitative estimate of drug-likeness (QED) is 0.650. The molecule has 0 radical (unpaired) electrons. The van der Waals surface area contributed by atoms with E-state index in [1.165, 1.54) is 21.3 Å². The Bertz CT molecular complexity index is 1130. The number of benzene rings is 2. The molecule has 2 heterocycles. The minimum Gasteiger partial charge on any atom is -0.308 e. The first-order valence-corrected chi connectivity index (χ1v) is 11.3. The summed E-state index contributed by atoms with van der Waals surface area (Å²) in [6, 6.07) is 6.35. The molecular weight excluding hydrogens is 436 g/mol. The summed E-state index contributed by atoms with van der Waals surface area (Å²) in [6.07, 6.45) is -2.27. The van der Waals surface area contributed by atoms with E-state index in [0.717, 1.165) is 24.3 Å². The van der Waals surface area contributed by atoms with Gasteiger partial charge < -0.3 is 4.90 Å². The summed E-state index contributed by atoms with van der Waals surface area (Å²) < 4.78 is 80.2. The zero-order valence-corrected chi connectivity index (χ0v) is 17.3. The summed E-state index contributed by atoms with van der Waals surface area (Å²) in [5.74, 6) is -1.53. The fourth-order valence-corrected chi connectivity index (χ4v) is 5.65. The fourth-order valence-electron chi connectivity index (χ4n) is 4.04. The monoisotopic (exact) mass is 456 g/mol. The SMILES string of the molecule is O=C(c1ccc(F)c(S(=O)(=O)N2CCCC2)c1)N1CCCc2cc(C(F)(F)F)ccc21. The molecule has 2 aromatic carbocycles. The number of nitrogens with zero attached hydrogens (tertiary/aromatic N) is 2. The molecule has 1 amide bonds. The highest BCUT2D eigenvalue weighted by Gasteiger charge is 2.34. The molecule has 0 spiro atoms. The van der Waals surface area contributed by atoms with Crippen molar-refractivity contribution in [2.45, 2.75) is 36.8 Å². The summed E-state index contributed by atoms with van der Waals surface area (Å²) in [5.41, 5.74) is -0.0905. The topological polar surface area (TPSA) is 57.7 Å². The van der Waals surface area contributed by atoms with Gasteiger partial charge in [0, 0.05) is 30.9 Å². The van der Waals surface area contributed by atoms with Crippen LogP contribution in [0.5, 0.6) is 0 Å². The van der Waals surface area contributed by atoms with Crippen molar-refractivity contribution < 1.29 is 30.8 Å². The van der Waals surface area contributed by atoms with Crippen LogP contribution in [0.25, 0.3) is 0 Å². The van der Waals surface area contributed by atoms with E-state index in [1.807, 2.05) is 0 Å². The maximum absolute atomic E-state index is 14.4. The largest absolute Gasteiger partial charge is 0.416 e. The van der Waals surface area contributed by atoms with Gasteiger partial charge in [-0.25, -0.2) is 12.8 Å². The Labute approximate surface area is 177 Å². The Balaban J connectivity index is 1.69. The van der Waals surface area contributed by atoms with E-state index < -0.39 is 38.4 Å². The molecule has 0 bridgehead atoms. The van der Waals surface area contributed by atoms with E-state index in [4.69, 9.17) is 0 Å². The molecule has 2 aliphatic rings. The van der Waals surface area contributed by atoms with Crippen LogP contribution in [0.3, 0.4) is 0 Å². The molecule has 1 fully saturated rings. The Kier molecular flexibility index (Phi) is 5.55. The average Bonchev–Trinajstić information content (AvgIpc) is 3.28. The summed E-state index contributed by atoms with van der Waals surface area (Å²) >= 11 is 0. The third-order valence-corrected chi connectivity index (χ3v) is 7.55. The van der Waals surface area contributed by atoms with E-state index in [-0.39, 0.29) is 12.1 Å². The van der Waals surface area contributed by atoms with Gasteiger partial charge in [-0.05, 0) is 67.6 Å². The lowest BCUT2D eigenvalue weighted by atomic mass is 9.98. The van der Waals surface area contributed by atoms with Crippen molar-refractivity contribution in [2.75, 3.05) is 24.5 Å². The molecule has 31 heavy (non-hydrogen) atoms. The Morgan fingerprint density at radius 2 is 1.65 bits per heavy atom. The van der Waals surface area contributed by atoms with Gasteiger partial charge in [-0.3, -0.25) is 4.79 Å². The van der Waals surface area contributed by atoms with E-state index >= 15 is 0 Å². The van der Waals surface area contributed by atoms with E-state index in [9.17, 15) is 30.8 Å². The highest BCUT2D eigenvalue weighted by atomic mass is 32.2. The molecule has 0 aliphatic carbocycles. The van der Waals surface area contributed by atoms with Gasteiger partial charge in [0.05, 0.1) is 5.56 Å². The maximum Gasteiger partial charge on any atom is 0.416 e. The van der Waals surface area contributed by atoms with Gasteiger partial charge >= 0.3 is 6.18 Å². The number of alkyl halides is 3. The fraction of sp³-hybridized carbons (Fsp3) is 0.381. The van der Waals surface area contributed by atoms with Gasteiger partial charge in [-0.15, -0.1) is 0 Å². The van der Waals surface area contributed by atoms with Crippen LogP contribution in [0.1, 0.15) is 40.7 Å². The number of hydrogen-bond donors (Lipinski definition) is 0. The van der Waals surface area contributed by atoms with Crippen molar-refractivity contribution in [2.24, 2.45) is 0 Å². The zero-order chi connectivity index (χ0) is 22.4. The van der Waals surface area contributed by atoms with Gasteiger partial charge in [0.2, 0.25) is 10.0 Å². The second-order valence-electron chi connectivity index (χ2n) is 7.66. The van der Waals surface area contributed by atoms with Gasteiger partial charge in [0.15, 0.2) is 0 Å². The normalized spacial score (nSPS) is 17.6. The molecule has 4 rings (SSSR count). The smallest absolute Gasteiger partial charge is 0.308 e. The predicted molar refractivity (Wildman–Crippen MR) is 106 cm³/mol. The molecule has 2 aromatic rings. The zero-order valence-electron chi connectivity index (χ0n) is 16.5. The lowest BCUT2D eigenvalue weighted by Crippen LogP contribution is -2.36. The van der Waals surface area contributed by atoms with Gasteiger partial charge in [0.1, 0.15) is 10.7 Å². The molecule has 166 valence electrons. The number of halogens is 4. The summed E-state index contributed by atoms with van der Waals surface area (Å²) in [4.78, 5) is 13.9. The number of hydrogen-bond acceptors (Lipinski definition) is 3. The van der Waals surface area contributed by atoms with E-state index in [0.29, 0.717) is 50.0 Å². The second-order valence-corrected chi connectivity index (χ2v) is 9.56. The first-order chi connectivity index (χ1) is 14.6. The molecule has 2 aliphatic heterocycles. The van der Waals surface area contributed by atoms with Crippen LogP contribution in [0.2, 0.25) is 0 Å². The van der Waals surface area contributed by atoms with Crippen molar-refractivity contribution in [1.29, 1.82) is 0 Å². The number of aryl methyl sites for hydroxylation is 1. The highest BCUT2D eigenvalue weighted by molar-refractivity contribution is 7.89. The number of amides is 1. The number of anilines is 1. The van der Waals surface area contributed by atoms with Gasteiger partial charge in [-0.2, -0.15) is 17.5 Å². The Morgan fingerprint density at radius 3 is 2.32 bits per heavy atom. The highest BCUT2D eigenvalue weighted by Crippen LogP contribution is 2.36. The molecule has 0 unspecified atom stereocenters. The van der Waals surface area contributed by atoms with Crippen LogP contribution < -0.4 is 4.90 Å². The molecule has 0 N–H and O–H groups in total. The predicted octanol–water partition coefficient (Wildman–Crippen LogP) is 4.22. The molecular formula is C21H20F4N2O3S. The molecule has 5 nitrogen and oxygen atoms in total. The van der Waals surface area contributed by atoms with Crippen LogP contribution in [0, 0.1) is 5.82 Å². The lowest BCUT2D eigenvalue weighted by molar-refractivity contribution is -0.137. The van der Waals surface area contributed by atoms with Crippen LogP contribution in [-0.4, -0.2) is 38.3 Å². The van der Waals surface area contributed by atoms with Crippen LogP contribution >= 0.6 is 0 Å². The Hall–Kier alpha value is -2.46. The number of fused-ring (bicyclic) bond motifs is 1. The molecule has 10 heteroatoms. The maximum atomic E-state index is 14.4. The minimum absolute atomic E-state index is 0.0353. The molecule has 0 atom stereocenters. The second kappa shape index (κ2) is 7.90. The average molecular weight is 456 g/mol. The van der Waals surface area contributed by atoms with E-state index in [2.05, 4.69) is 0 Å². The first kappa shape index (κ1) is 21.8. The standard InChI is InChI=1S/C21H20F4N2O3S/c22-17-7-5-15(13-19(17)31(29,30)26-9-1-2-10-26)20(28)27-11-3-4-14-12-16(21(23,24)25)6-8-18(14)27/h5-8,12-13H,1-4,9-11H2. The number of carbonyl (C=O) groups excluding carboxylic acids is 1. The Morgan fingerprint density at radius 1 is 0.935 bits per heavy atom. The molecule has 1 saturated heterocycles. The minimum atomic E-state index is -4.49. The van der Waals surface area contributed by atoms with Crippen LogP contribution in [0.15, 0.2) is 41.3 Å². The third-order valence-electron chi connectivity index (χ3n) is 5.63. The number of rotatable bonds is 3. The van der Waals surface area contributed by atoms with Gasteiger partial charge in [0.25, 0.3) is 5.91 Å².